The number of hydrogen-bond donors (Lipinski definition) is 3. The van der Waals surface area contributed by atoms with E-state index in [1.165, 1.54) is 24.8 Å². The van der Waals surface area contributed by atoms with Crippen molar-refractivity contribution in [1.29, 1.82) is 0 Å². The van der Waals surface area contributed by atoms with Crippen LogP contribution in [-0.2, 0) is 30.4 Å². The van der Waals surface area contributed by atoms with Crippen LogP contribution in [0, 0.1) is 28.6 Å². The van der Waals surface area contributed by atoms with Crippen molar-refractivity contribution < 1.29 is 34.2 Å². The van der Waals surface area contributed by atoms with Gasteiger partial charge in [0.15, 0.2) is 12.4 Å². The number of benzene rings is 1. The van der Waals surface area contributed by atoms with Gasteiger partial charge in [-0.25, -0.2) is 4.79 Å². The van der Waals surface area contributed by atoms with E-state index in [2.05, 4.69) is 30.4 Å². The molecule has 7 atom stereocenters. The number of nitrogens with zero attached hydrogens (tertiary/aromatic N) is 1. The van der Waals surface area contributed by atoms with Crippen molar-refractivity contribution in [3.05, 3.63) is 41.5 Å². The van der Waals surface area contributed by atoms with Crippen LogP contribution in [-0.4, -0.2) is 58.9 Å². The molecule has 0 saturated heterocycles. The first kappa shape index (κ1) is 30.3. The third kappa shape index (κ3) is 5.25. The topological polar surface area (TPSA) is 135 Å². The Morgan fingerprint density at radius 3 is 2.45 bits per heavy atom. The molecule has 1 aromatic carbocycles. The Balaban J connectivity index is 1.20. The lowest BCUT2D eigenvalue weighted by molar-refractivity contribution is -0.159. The van der Waals surface area contributed by atoms with Gasteiger partial charge >= 0.3 is 5.97 Å². The molecular weight excluding hydrogens is 536 g/mol. The zero-order valence-electron chi connectivity index (χ0n) is 25.2. The maximum atomic E-state index is 12.6. The fraction of sp³-hybridized carbons (Fsp3) is 0.636. The summed E-state index contributed by atoms with van der Waals surface area (Å²) in [7, 11) is 1.27. The van der Waals surface area contributed by atoms with Gasteiger partial charge in [0, 0.05) is 11.8 Å². The number of phenolic OH excluding ortho intramolecular Hbond substituents is 1. The lowest BCUT2D eigenvalue weighted by Gasteiger charge is -2.59. The molecule has 0 radical (unpaired) electrons. The van der Waals surface area contributed by atoms with Gasteiger partial charge in [0.25, 0.3) is 5.91 Å². The number of aliphatic hydroxyl groups is 1. The third-order valence-corrected chi connectivity index (χ3v) is 11.3. The molecule has 228 valence electrons. The molecule has 42 heavy (non-hydrogen) atoms. The fourth-order valence-electron chi connectivity index (χ4n) is 8.85. The Kier molecular flexibility index (Phi) is 8.27. The van der Waals surface area contributed by atoms with E-state index in [1.54, 1.807) is 19.1 Å². The van der Waals surface area contributed by atoms with Gasteiger partial charge in [0.2, 0.25) is 0 Å². The Labute approximate surface area is 247 Å². The molecule has 1 amide bonds. The largest absolute Gasteiger partial charge is 0.508 e. The molecular formula is C33H44N2O7. The highest BCUT2D eigenvalue weighted by atomic mass is 16.6. The number of carbonyl (C=O) groups is 3. The average Bonchev–Trinajstić information content (AvgIpc) is 3.25. The molecule has 9 heteroatoms. The number of aromatic hydroxyl groups is 1. The summed E-state index contributed by atoms with van der Waals surface area (Å²) >= 11 is 0. The number of Topliss-reactive ketones (excluding diaryl/α,β-unsaturated/α-hetero) is 1. The molecule has 4 aliphatic carbocycles. The van der Waals surface area contributed by atoms with Crippen molar-refractivity contribution in [3.63, 3.8) is 0 Å². The summed E-state index contributed by atoms with van der Waals surface area (Å²) in [6.07, 6.45) is 9.44. The Morgan fingerprint density at radius 1 is 1.05 bits per heavy atom. The first-order valence-electron chi connectivity index (χ1n) is 15.2. The molecule has 3 N–H and O–H groups in total. The van der Waals surface area contributed by atoms with Crippen LogP contribution in [0.15, 0.2) is 41.1 Å². The number of esters is 1. The number of rotatable bonds is 8. The average molecular weight is 581 g/mol. The standard InChI is InChI=1S/C33H44N2O7/c1-20(36)33(40)16-13-27-25-10-7-22-18-23(11-14-31(22,2)26(25)12-15-32(27,33)3)35-42-19-29(38)34-28(30(39)41-4)17-21-5-8-24(37)9-6-21/h5-6,8-9,18,25-28,37,40H,7,10-17,19H2,1-4H3,(H,34,38)/b35-23-/t25-,26+,27+,28?,31+,32+,33+/m1/s1. The second-order valence-corrected chi connectivity index (χ2v) is 13.3. The summed E-state index contributed by atoms with van der Waals surface area (Å²) in [6.45, 7) is 5.75. The summed E-state index contributed by atoms with van der Waals surface area (Å²) in [6, 6.07) is 5.52. The Hall–Kier alpha value is -3.20. The number of fused-ring (bicyclic) bond motifs is 5. The quantitative estimate of drug-likeness (QED) is 0.309. The third-order valence-electron chi connectivity index (χ3n) is 11.3. The minimum Gasteiger partial charge on any atom is -0.508 e. The van der Waals surface area contributed by atoms with Crippen LogP contribution in [0.4, 0.5) is 0 Å². The monoisotopic (exact) mass is 580 g/mol. The van der Waals surface area contributed by atoms with Crippen LogP contribution >= 0.6 is 0 Å². The van der Waals surface area contributed by atoms with Crippen LogP contribution in [0.3, 0.4) is 0 Å². The van der Waals surface area contributed by atoms with Gasteiger partial charge < -0.3 is 25.1 Å². The van der Waals surface area contributed by atoms with Crippen LogP contribution in [0.5, 0.6) is 5.75 Å². The van der Waals surface area contributed by atoms with E-state index in [0.29, 0.717) is 24.2 Å². The lowest BCUT2D eigenvalue weighted by atomic mass is 9.46. The summed E-state index contributed by atoms with van der Waals surface area (Å²) in [5.74, 6) is 0.371. The van der Waals surface area contributed by atoms with Crippen molar-refractivity contribution in [2.75, 3.05) is 13.7 Å². The second kappa shape index (κ2) is 11.5. The van der Waals surface area contributed by atoms with Crippen molar-refractivity contribution in [3.8, 4) is 5.75 Å². The number of ether oxygens (including phenoxy) is 1. The summed E-state index contributed by atoms with van der Waals surface area (Å²) < 4.78 is 4.85. The molecule has 0 bridgehead atoms. The Morgan fingerprint density at radius 2 is 1.76 bits per heavy atom. The lowest BCUT2D eigenvalue weighted by Crippen LogP contribution is -2.57. The van der Waals surface area contributed by atoms with Crippen LogP contribution in [0.1, 0.15) is 77.7 Å². The molecule has 0 aromatic heterocycles. The highest BCUT2D eigenvalue weighted by molar-refractivity contribution is 5.96. The molecule has 1 unspecified atom stereocenters. The number of oxime groups is 1. The van der Waals surface area contributed by atoms with Gasteiger partial charge in [-0.05, 0) is 105 Å². The molecule has 0 aliphatic heterocycles. The van der Waals surface area contributed by atoms with E-state index in [-0.39, 0.29) is 35.4 Å². The second-order valence-electron chi connectivity index (χ2n) is 13.3. The highest BCUT2D eigenvalue weighted by Crippen LogP contribution is 2.67. The number of carbonyl (C=O) groups excluding carboxylic acids is 3. The van der Waals surface area contributed by atoms with Gasteiger partial charge in [-0.3, -0.25) is 9.59 Å². The van der Waals surface area contributed by atoms with E-state index in [0.717, 1.165) is 56.2 Å². The van der Waals surface area contributed by atoms with Gasteiger partial charge in [-0.15, -0.1) is 0 Å². The summed E-state index contributed by atoms with van der Waals surface area (Å²) in [5, 5.41) is 27.8. The molecule has 9 nitrogen and oxygen atoms in total. The maximum Gasteiger partial charge on any atom is 0.328 e. The molecule has 1 aromatic rings. The molecule has 3 saturated carbocycles. The van der Waals surface area contributed by atoms with E-state index in [9.17, 15) is 24.6 Å². The van der Waals surface area contributed by atoms with E-state index >= 15 is 0 Å². The molecule has 3 fully saturated rings. The first-order chi connectivity index (χ1) is 19.9. The van der Waals surface area contributed by atoms with Crippen LogP contribution in [0.25, 0.3) is 0 Å². The molecule has 0 heterocycles. The van der Waals surface area contributed by atoms with Crippen LogP contribution < -0.4 is 5.32 Å². The fourth-order valence-corrected chi connectivity index (χ4v) is 8.85. The van der Waals surface area contributed by atoms with E-state index in [1.807, 2.05) is 0 Å². The minimum atomic E-state index is -1.20. The van der Waals surface area contributed by atoms with Crippen molar-refractivity contribution in [1.82, 2.24) is 5.32 Å². The highest BCUT2D eigenvalue weighted by Gasteiger charge is 2.65. The molecule has 5 rings (SSSR count). The predicted octanol–water partition coefficient (Wildman–Crippen LogP) is 4.25. The van der Waals surface area contributed by atoms with Crippen molar-refractivity contribution >= 4 is 23.4 Å². The number of allylic oxidation sites excluding steroid dienone is 2. The molecule has 4 aliphatic rings. The Bertz CT molecular complexity index is 1290. The van der Waals surface area contributed by atoms with Gasteiger partial charge in [0.05, 0.1) is 12.8 Å². The number of amides is 1. The van der Waals surface area contributed by atoms with E-state index < -0.39 is 23.5 Å². The summed E-state index contributed by atoms with van der Waals surface area (Å²) in [5.41, 5.74) is 1.47. The smallest absolute Gasteiger partial charge is 0.328 e. The first-order valence-corrected chi connectivity index (χ1v) is 15.2. The SMILES string of the molecule is COC(=O)C(Cc1ccc(O)cc1)NC(=O)CO/N=C1\C=C2CC[C@@H]3[C@H](CC[C@@]4(C)[C@H]3CC[C@]4(O)C(C)=O)[C@@]2(C)CC1. The number of nitrogens with one attached hydrogen (secondary N) is 1. The van der Waals surface area contributed by atoms with Gasteiger partial charge in [-0.1, -0.05) is 36.7 Å². The zero-order chi connectivity index (χ0) is 30.3. The number of ketones is 1. The maximum absolute atomic E-state index is 12.6. The number of phenols is 1. The summed E-state index contributed by atoms with van der Waals surface area (Å²) in [4.78, 5) is 42.8. The van der Waals surface area contributed by atoms with Crippen molar-refractivity contribution in [2.24, 2.45) is 33.7 Å². The van der Waals surface area contributed by atoms with Crippen LogP contribution in [0.2, 0.25) is 0 Å². The normalized spacial score (nSPS) is 35.2. The molecule has 0 spiro atoms. The van der Waals surface area contributed by atoms with Gasteiger partial charge in [0.1, 0.15) is 17.4 Å². The minimum absolute atomic E-state index is 0.0551. The van der Waals surface area contributed by atoms with E-state index in [4.69, 9.17) is 9.57 Å². The predicted molar refractivity (Wildman–Crippen MR) is 156 cm³/mol. The zero-order valence-corrected chi connectivity index (χ0v) is 25.2. The van der Waals surface area contributed by atoms with Gasteiger partial charge in [-0.2, -0.15) is 0 Å². The number of hydrogen-bond acceptors (Lipinski definition) is 8. The number of methoxy groups -OCH3 is 1. The van der Waals surface area contributed by atoms with Crippen molar-refractivity contribution in [2.45, 2.75) is 90.2 Å².